The average molecular weight is 238 g/mol. The molecule has 0 bridgehead atoms. The van der Waals surface area contributed by atoms with Crippen molar-refractivity contribution in [2.75, 3.05) is 0 Å². The third kappa shape index (κ3) is 9.14. The zero-order valence-corrected chi connectivity index (χ0v) is 13.0. The Morgan fingerprint density at radius 1 is 0.765 bits per heavy atom. The van der Waals surface area contributed by atoms with E-state index in [9.17, 15) is 4.79 Å². The van der Waals surface area contributed by atoms with E-state index < -0.39 is 0 Å². The largest absolute Gasteiger partial charge is 0.299 e. The van der Waals surface area contributed by atoms with Gasteiger partial charge in [-0.25, -0.2) is 0 Å². The van der Waals surface area contributed by atoms with Gasteiger partial charge < -0.3 is 0 Å². The van der Waals surface area contributed by atoms with Gasteiger partial charge in [-0.1, -0.05) is 52.7 Å². The summed E-state index contributed by atoms with van der Waals surface area (Å²) in [7, 11) is 0. The molecule has 0 aromatic heterocycles. The van der Waals surface area contributed by atoms with Crippen LogP contribution in [0.4, 0.5) is 0 Å². The van der Waals surface area contributed by atoms with Crippen LogP contribution in [0, 0.1) is 10.8 Å². The Balaban J connectivity index is 4.47. The Morgan fingerprint density at radius 3 is 1.53 bits per heavy atom. The normalized spacial score (nSPS) is 14.6. The summed E-state index contributed by atoms with van der Waals surface area (Å²) in [6.07, 6.45) is 2.37. The van der Waals surface area contributed by atoms with Gasteiger partial charge in [0.05, 0.1) is 0 Å². The SMILES string of the molecule is C/C(CC(=O)CC(C)(C)C)=C(\C)CC(C)(C)C. The Morgan fingerprint density at radius 2 is 1.18 bits per heavy atom. The van der Waals surface area contributed by atoms with E-state index in [2.05, 4.69) is 55.4 Å². The number of ketones is 1. The summed E-state index contributed by atoms with van der Waals surface area (Å²) in [5.41, 5.74) is 3.04. The molecular formula is C16H30O. The van der Waals surface area contributed by atoms with Gasteiger partial charge in [0.15, 0.2) is 0 Å². The first-order valence-corrected chi connectivity index (χ1v) is 6.58. The lowest BCUT2D eigenvalue weighted by Gasteiger charge is -2.21. The summed E-state index contributed by atoms with van der Waals surface area (Å²) in [5.74, 6) is 0.364. The van der Waals surface area contributed by atoms with E-state index in [0.717, 1.165) is 6.42 Å². The second-order valence-corrected chi connectivity index (χ2v) is 7.75. The van der Waals surface area contributed by atoms with E-state index in [1.54, 1.807) is 0 Å². The lowest BCUT2D eigenvalue weighted by atomic mass is 9.84. The standard InChI is InChI=1S/C16H30O/c1-12(13(2)10-15(3,4)5)9-14(17)11-16(6,7)8/h9-11H2,1-8H3/b13-12-. The van der Waals surface area contributed by atoms with Crippen molar-refractivity contribution in [2.24, 2.45) is 10.8 Å². The van der Waals surface area contributed by atoms with E-state index in [-0.39, 0.29) is 5.41 Å². The Labute approximate surface area is 108 Å². The monoisotopic (exact) mass is 238 g/mol. The van der Waals surface area contributed by atoms with Crippen LogP contribution in [0.5, 0.6) is 0 Å². The molecule has 0 unspecified atom stereocenters. The lowest BCUT2D eigenvalue weighted by molar-refractivity contribution is -0.120. The number of carbonyl (C=O) groups is 1. The molecule has 0 fully saturated rings. The van der Waals surface area contributed by atoms with E-state index in [4.69, 9.17) is 0 Å². The molecule has 0 aromatic rings. The Kier molecular flexibility index (Phi) is 5.64. The molecule has 0 amide bonds. The molecule has 0 aliphatic carbocycles. The Hall–Kier alpha value is -0.590. The first-order valence-electron chi connectivity index (χ1n) is 6.58. The Bertz CT molecular complexity index is 294. The highest BCUT2D eigenvalue weighted by Gasteiger charge is 2.17. The predicted molar refractivity (Wildman–Crippen MR) is 76.1 cm³/mol. The maximum absolute atomic E-state index is 11.9. The molecule has 1 heteroatoms. The molecular weight excluding hydrogens is 208 g/mol. The van der Waals surface area contributed by atoms with Gasteiger partial charge >= 0.3 is 0 Å². The summed E-state index contributed by atoms with van der Waals surface area (Å²) in [6, 6.07) is 0. The lowest BCUT2D eigenvalue weighted by Crippen LogP contribution is -2.13. The molecule has 0 aliphatic rings. The van der Waals surface area contributed by atoms with Gasteiger partial charge in [0, 0.05) is 12.8 Å². The molecule has 0 heterocycles. The number of carbonyl (C=O) groups excluding carboxylic acids is 1. The smallest absolute Gasteiger partial charge is 0.137 e. The molecule has 0 radical (unpaired) electrons. The molecule has 0 aromatic carbocycles. The molecule has 17 heavy (non-hydrogen) atoms. The first-order chi connectivity index (χ1) is 7.41. The van der Waals surface area contributed by atoms with Gasteiger partial charge in [-0.05, 0) is 31.1 Å². The predicted octanol–water partition coefficient (Wildman–Crippen LogP) is 5.15. The number of rotatable bonds is 4. The third-order valence-corrected chi connectivity index (χ3v) is 2.71. The summed E-state index contributed by atoms with van der Waals surface area (Å²) >= 11 is 0. The van der Waals surface area contributed by atoms with Gasteiger partial charge in [0.25, 0.3) is 0 Å². The van der Waals surface area contributed by atoms with Gasteiger partial charge in [0.2, 0.25) is 0 Å². The minimum Gasteiger partial charge on any atom is -0.299 e. The molecule has 100 valence electrons. The van der Waals surface area contributed by atoms with Crippen LogP contribution in [0.1, 0.15) is 74.7 Å². The minimum atomic E-state index is 0.106. The van der Waals surface area contributed by atoms with Gasteiger partial charge in [-0.2, -0.15) is 0 Å². The zero-order valence-electron chi connectivity index (χ0n) is 13.0. The van der Waals surface area contributed by atoms with Crippen LogP contribution in [0.3, 0.4) is 0 Å². The average Bonchev–Trinajstić information content (AvgIpc) is 1.95. The summed E-state index contributed by atoms with van der Waals surface area (Å²) in [6.45, 7) is 17.3. The topological polar surface area (TPSA) is 17.1 Å². The van der Waals surface area contributed by atoms with Crippen molar-refractivity contribution in [2.45, 2.75) is 74.7 Å². The number of Topliss-reactive ketones (excluding diaryl/α,β-unsaturated/α-hetero) is 1. The van der Waals surface area contributed by atoms with Crippen LogP contribution in [0.2, 0.25) is 0 Å². The van der Waals surface area contributed by atoms with Crippen LogP contribution < -0.4 is 0 Å². The summed E-state index contributed by atoms with van der Waals surface area (Å²) in [4.78, 5) is 11.9. The molecule has 0 N–H and O–H groups in total. The molecule has 0 rings (SSSR count). The van der Waals surface area contributed by atoms with Crippen LogP contribution in [0.15, 0.2) is 11.1 Å². The quantitative estimate of drug-likeness (QED) is 0.619. The first kappa shape index (κ1) is 16.4. The molecule has 1 nitrogen and oxygen atoms in total. The van der Waals surface area contributed by atoms with Crippen molar-refractivity contribution in [3.8, 4) is 0 Å². The fourth-order valence-corrected chi connectivity index (χ4v) is 2.05. The molecule has 0 saturated carbocycles. The molecule has 0 aliphatic heterocycles. The maximum Gasteiger partial charge on any atom is 0.137 e. The van der Waals surface area contributed by atoms with Crippen molar-refractivity contribution in [3.05, 3.63) is 11.1 Å². The van der Waals surface area contributed by atoms with E-state index >= 15 is 0 Å². The van der Waals surface area contributed by atoms with Crippen molar-refractivity contribution in [1.82, 2.24) is 0 Å². The van der Waals surface area contributed by atoms with E-state index in [1.165, 1.54) is 11.1 Å². The van der Waals surface area contributed by atoms with Crippen LogP contribution in [-0.2, 0) is 4.79 Å². The molecule has 0 atom stereocenters. The summed E-state index contributed by atoms with van der Waals surface area (Å²) in [5, 5.41) is 0. The van der Waals surface area contributed by atoms with Crippen molar-refractivity contribution in [1.29, 1.82) is 0 Å². The number of allylic oxidation sites excluding steroid dienone is 2. The van der Waals surface area contributed by atoms with Gasteiger partial charge in [0.1, 0.15) is 5.78 Å². The summed E-state index contributed by atoms with van der Waals surface area (Å²) < 4.78 is 0. The third-order valence-electron chi connectivity index (χ3n) is 2.71. The number of hydrogen-bond acceptors (Lipinski definition) is 1. The van der Waals surface area contributed by atoms with Crippen LogP contribution >= 0.6 is 0 Å². The second-order valence-electron chi connectivity index (χ2n) is 7.75. The van der Waals surface area contributed by atoms with Crippen LogP contribution in [0.25, 0.3) is 0 Å². The van der Waals surface area contributed by atoms with Crippen molar-refractivity contribution in [3.63, 3.8) is 0 Å². The van der Waals surface area contributed by atoms with E-state index in [1.807, 2.05) is 0 Å². The molecule has 0 spiro atoms. The second kappa shape index (κ2) is 5.84. The maximum atomic E-state index is 11.9. The van der Waals surface area contributed by atoms with Crippen molar-refractivity contribution >= 4 is 5.78 Å². The highest BCUT2D eigenvalue weighted by atomic mass is 16.1. The van der Waals surface area contributed by atoms with Gasteiger partial charge in [-0.3, -0.25) is 4.79 Å². The fraction of sp³-hybridized carbons (Fsp3) is 0.812. The highest BCUT2D eigenvalue weighted by Crippen LogP contribution is 2.27. The van der Waals surface area contributed by atoms with Crippen molar-refractivity contribution < 1.29 is 4.79 Å². The van der Waals surface area contributed by atoms with Gasteiger partial charge in [-0.15, -0.1) is 0 Å². The highest BCUT2D eigenvalue weighted by molar-refractivity contribution is 5.81. The minimum absolute atomic E-state index is 0.106. The number of hydrogen-bond donors (Lipinski definition) is 0. The molecule has 0 saturated heterocycles. The van der Waals surface area contributed by atoms with Crippen LogP contribution in [-0.4, -0.2) is 5.78 Å². The van der Waals surface area contributed by atoms with E-state index in [0.29, 0.717) is 24.0 Å². The fourth-order valence-electron chi connectivity index (χ4n) is 2.05. The zero-order chi connectivity index (χ0) is 13.9.